The molecule has 1 saturated heterocycles. The maximum Gasteiger partial charge on any atom is 0.307 e. The molecule has 1 N–H and O–H groups in total. The maximum absolute atomic E-state index is 10.9. The zero-order chi connectivity index (χ0) is 13.9. The van der Waals surface area contributed by atoms with E-state index in [1.807, 2.05) is 30.3 Å². The van der Waals surface area contributed by atoms with E-state index in [2.05, 4.69) is 15.1 Å². The Morgan fingerprint density at radius 1 is 1.33 bits per heavy atom. The summed E-state index contributed by atoms with van der Waals surface area (Å²) in [6.45, 7) is 2.04. The highest BCUT2D eigenvalue weighted by Gasteiger charge is 2.28. The van der Waals surface area contributed by atoms with Gasteiger partial charge in [-0.1, -0.05) is 18.2 Å². The van der Waals surface area contributed by atoms with Crippen LogP contribution in [0.4, 0.5) is 0 Å². The molecule has 1 aromatic heterocycles. The van der Waals surface area contributed by atoms with Gasteiger partial charge in [-0.05, 0) is 25.1 Å². The van der Waals surface area contributed by atoms with Crippen LogP contribution in [0.25, 0.3) is 5.69 Å². The number of carbonyl (C=O) groups is 1. The Morgan fingerprint density at radius 2 is 2.10 bits per heavy atom. The number of hydrogen-bond acceptors (Lipinski definition) is 4. The molecule has 1 aromatic carbocycles. The normalized spacial score (nSPS) is 18.4. The zero-order valence-corrected chi connectivity index (χ0v) is 12.2. The van der Waals surface area contributed by atoms with Crippen molar-refractivity contribution in [1.29, 1.82) is 0 Å². The third-order valence-corrected chi connectivity index (χ3v) is 3.53. The van der Waals surface area contributed by atoms with Crippen LogP contribution in [0.3, 0.4) is 0 Å². The summed E-state index contributed by atoms with van der Waals surface area (Å²) < 4.78 is 0. The minimum atomic E-state index is -0.708. The van der Waals surface area contributed by atoms with Gasteiger partial charge in [0.15, 0.2) is 0 Å². The van der Waals surface area contributed by atoms with E-state index in [1.54, 1.807) is 11.0 Å². The molecule has 0 aliphatic carbocycles. The van der Waals surface area contributed by atoms with Gasteiger partial charge in [-0.15, -0.1) is 12.4 Å². The quantitative estimate of drug-likeness (QED) is 0.929. The van der Waals surface area contributed by atoms with Gasteiger partial charge in [0.05, 0.1) is 23.5 Å². The molecular weight excluding hydrogens is 292 g/mol. The Kier molecular flexibility index (Phi) is 4.93. The predicted octanol–water partition coefficient (Wildman–Crippen LogP) is 1.60. The summed E-state index contributed by atoms with van der Waals surface area (Å²) in [5, 5.41) is 17.7. The van der Waals surface area contributed by atoms with Crippen molar-refractivity contribution in [3.63, 3.8) is 0 Å². The molecule has 6 nitrogen and oxygen atoms in total. The van der Waals surface area contributed by atoms with E-state index in [-0.39, 0.29) is 18.3 Å². The third-order valence-electron chi connectivity index (χ3n) is 3.53. The van der Waals surface area contributed by atoms with Crippen LogP contribution in [0.15, 0.2) is 36.5 Å². The highest BCUT2D eigenvalue weighted by molar-refractivity contribution is 5.85. The molecule has 7 heteroatoms. The Labute approximate surface area is 128 Å². The lowest BCUT2D eigenvalue weighted by Crippen LogP contribution is -2.23. The number of aromatic nitrogens is 3. The number of carboxylic acids is 1. The van der Waals surface area contributed by atoms with E-state index in [9.17, 15) is 4.79 Å². The number of carboxylic acid groups (broad SMARTS) is 1. The number of likely N-dealkylation sites (tertiary alicyclic amines) is 1. The van der Waals surface area contributed by atoms with Gasteiger partial charge < -0.3 is 5.11 Å². The van der Waals surface area contributed by atoms with Gasteiger partial charge in [0, 0.05) is 13.1 Å². The highest BCUT2D eigenvalue weighted by Crippen LogP contribution is 2.18. The van der Waals surface area contributed by atoms with Crippen molar-refractivity contribution in [2.75, 3.05) is 13.1 Å². The number of rotatable bonds is 4. The number of halogens is 1. The molecule has 2 heterocycles. The van der Waals surface area contributed by atoms with Crippen molar-refractivity contribution >= 4 is 18.4 Å². The van der Waals surface area contributed by atoms with Crippen LogP contribution in [0, 0.1) is 5.92 Å². The molecule has 0 bridgehead atoms. The minimum Gasteiger partial charge on any atom is -0.481 e. The third kappa shape index (κ3) is 3.59. The van der Waals surface area contributed by atoms with Gasteiger partial charge in [-0.25, -0.2) is 0 Å². The van der Waals surface area contributed by atoms with Crippen molar-refractivity contribution in [2.24, 2.45) is 5.92 Å². The van der Waals surface area contributed by atoms with Crippen LogP contribution in [0.2, 0.25) is 0 Å². The van der Waals surface area contributed by atoms with Crippen LogP contribution >= 0.6 is 12.4 Å². The summed E-state index contributed by atoms with van der Waals surface area (Å²) >= 11 is 0. The molecular formula is C14H17ClN4O2. The molecule has 0 radical (unpaired) electrons. The number of benzene rings is 1. The molecule has 0 spiro atoms. The summed E-state index contributed by atoms with van der Waals surface area (Å²) in [7, 11) is 0. The fourth-order valence-electron chi connectivity index (χ4n) is 2.46. The molecule has 21 heavy (non-hydrogen) atoms. The molecule has 0 saturated carbocycles. The SMILES string of the molecule is Cl.O=C(O)C1CCN(Cc2cnn(-c3ccccc3)n2)C1. The van der Waals surface area contributed by atoms with Gasteiger partial charge in [0.25, 0.3) is 0 Å². The standard InChI is InChI=1S/C14H16N4O2.ClH/c19-14(20)11-6-7-17(9-11)10-12-8-15-18(16-12)13-4-2-1-3-5-13;/h1-5,8,11H,6-7,9-10H2,(H,19,20);1H. The number of para-hydroxylation sites is 1. The van der Waals surface area contributed by atoms with E-state index < -0.39 is 5.97 Å². The summed E-state index contributed by atoms with van der Waals surface area (Å²) in [6.07, 6.45) is 2.45. The fourth-order valence-corrected chi connectivity index (χ4v) is 2.46. The minimum absolute atomic E-state index is 0. The molecule has 3 rings (SSSR count). The van der Waals surface area contributed by atoms with Gasteiger partial charge in [0.1, 0.15) is 0 Å². The first-order valence-corrected chi connectivity index (χ1v) is 6.64. The number of aliphatic carboxylic acids is 1. The first-order valence-electron chi connectivity index (χ1n) is 6.64. The van der Waals surface area contributed by atoms with Crippen molar-refractivity contribution in [1.82, 2.24) is 19.9 Å². The maximum atomic E-state index is 10.9. The summed E-state index contributed by atoms with van der Waals surface area (Å²) in [5.41, 5.74) is 1.78. The van der Waals surface area contributed by atoms with Gasteiger partial charge in [-0.2, -0.15) is 15.0 Å². The Balaban J connectivity index is 0.00000161. The van der Waals surface area contributed by atoms with Crippen molar-refractivity contribution in [2.45, 2.75) is 13.0 Å². The molecule has 1 unspecified atom stereocenters. The van der Waals surface area contributed by atoms with E-state index >= 15 is 0 Å². The highest BCUT2D eigenvalue weighted by atomic mass is 35.5. The van der Waals surface area contributed by atoms with E-state index in [1.165, 1.54) is 0 Å². The van der Waals surface area contributed by atoms with Crippen molar-refractivity contribution < 1.29 is 9.90 Å². The van der Waals surface area contributed by atoms with Crippen LogP contribution in [0.1, 0.15) is 12.1 Å². The summed E-state index contributed by atoms with van der Waals surface area (Å²) in [5.74, 6) is -0.959. The summed E-state index contributed by atoms with van der Waals surface area (Å²) in [6, 6.07) is 9.72. The van der Waals surface area contributed by atoms with Crippen LogP contribution in [-0.4, -0.2) is 44.1 Å². The van der Waals surface area contributed by atoms with Gasteiger partial charge in [-0.3, -0.25) is 9.69 Å². The Bertz CT molecular complexity index is 602. The van der Waals surface area contributed by atoms with Gasteiger partial charge in [0.2, 0.25) is 0 Å². The lowest BCUT2D eigenvalue weighted by molar-refractivity contribution is -0.141. The lowest BCUT2D eigenvalue weighted by Gasteiger charge is -2.12. The second-order valence-electron chi connectivity index (χ2n) is 5.02. The van der Waals surface area contributed by atoms with Crippen LogP contribution in [-0.2, 0) is 11.3 Å². The van der Waals surface area contributed by atoms with Crippen molar-refractivity contribution in [3.05, 3.63) is 42.2 Å². The first-order chi connectivity index (χ1) is 9.72. The monoisotopic (exact) mass is 308 g/mol. The Morgan fingerprint density at radius 3 is 2.76 bits per heavy atom. The average molecular weight is 309 g/mol. The number of hydrogen-bond donors (Lipinski definition) is 1. The van der Waals surface area contributed by atoms with Crippen LogP contribution in [0.5, 0.6) is 0 Å². The van der Waals surface area contributed by atoms with Gasteiger partial charge >= 0.3 is 5.97 Å². The van der Waals surface area contributed by atoms with E-state index in [4.69, 9.17) is 5.11 Å². The second-order valence-corrected chi connectivity index (χ2v) is 5.02. The first kappa shape index (κ1) is 15.5. The average Bonchev–Trinajstić information content (AvgIpc) is 3.10. The number of nitrogens with zero attached hydrogens (tertiary/aromatic N) is 4. The lowest BCUT2D eigenvalue weighted by atomic mass is 10.1. The van der Waals surface area contributed by atoms with E-state index in [0.29, 0.717) is 19.5 Å². The zero-order valence-electron chi connectivity index (χ0n) is 11.4. The molecule has 0 amide bonds. The topological polar surface area (TPSA) is 71.2 Å². The largest absolute Gasteiger partial charge is 0.481 e. The molecule has 112 valence electrons. The molecule has 1 atom stereocenters. The van der Waals surface area contributed by atoms with Crippen molar-refractivity contribution in [3.8, 4) is 5.69 Å². The second kappa shape index (κ2) is 6.69. The molecule has 1 aliphatic heterocycles. The molecule has 1 fully saturated rings. The summed E-state index contributed by atoms with van der Waals surface area (Å²) in [4.78, 5) is 14.6. The smallest absolute Gasteiger partial charge is 0.307 e. The predicted molar refractivity (Wildman–Crippen MR) is 79.6 cm³/mol. The van der Waals surface area contributed by atoms with E-state index in [0.717, 1.165) is 17.9 Å². The fraction of sp³-hybridized carbons (Fsp3) is 0.357. The molecule has 2 aromatic rings. The molecule has 1 aliphatic rings. The Hall–Kier alpha value is -1.92. The van der Waals surface area contributed by atoms with Crippen LogP contribution < -0.4 is 0 Å².